The minimum Gasteiger partial charge on any atom is -0.308 e. The maximum absolute atomic E-state index is 3.91. The van der Waals surface area contributed by atoms with Gasteiger partial charge in [-0.05, 0) is 44.9 Å². The van der Waals surface area contributed by atoms with Crippen LogP contribution in [0.2, 0.25) is 0 Å². The summed E-state index contributed by atoms with van der Waals surface area (Å²) in [6.45, 7) is 7.39. The molecule has 1 spiro atoms. The molecule has 0 aromatic heterocycles. The van der Waals surface area contributed by atoms with Crippen molar-refractivity contribution in [3.63, 3.8) is 0 Å². The van der Waals surface area contributed by atoms with Gasteiger partial charge in [-0.25, -0.2) is 0 Å². The molecule has 2 heteroatoms. The molecule has 2 saturated carbocycles. The molecule has 104 valence electrons. The third-order valence-electron chi connectivity index (χ3n) is 5.77. The van der Waals surface area contributed by atoms with Crippen LogP contribution in [0.4, 0.5) is 0 Å². The van der Waals surface area contributed by atoms with Crippen LogP contribution in [0.1, 0.15) is 65.2 Å². The van der Waals surface area contributed by atoms with Crippen molar-refractivity contribution in [1.82, 2.24) is 10.2 Å². The Labute approximate surface area is 113 Å². The first kappa shape index (κ1) is 12.9. The van der Waals surface area contributed by atoms with Crippen LogP contribution in [0.15, 0.2) is 0 Å². The lowest BCUT2D eigenvalue weighted by molar-refractivity contribution is 0.0316. The third kappa shape index (κ3) is 2.46. The fourth-order valence-electron chi connectivity index (χ4n) is 4.57. The largest absolute Gasteiger partial charge is 0.308 e. The van der Waals surface area contributed by atoms with Crippen molar-refractivity contribution in [2.24, 2.45) is 5.92 Å². The predicted octanol–water partition coefficient (Wildman–Crippen LogP) is 3.17. The number of piperazine rings is 1. The van der Waals surface area contributed by atoms with Crippen molar-refractivity contribution in [1.29, 1.82) is 0 Å². The Kier molecular flexibility index (Phi) is 3.68. The Morgan fingerprint density at radius 3 is 2.50 bits per heavy atom. The molecule has 1 heterocycles. The second-order valence-corrected chi connectivity index (χ2v) is 7.32. The van der Waals surface area contributed by atoms with Crippen LogP contribution in [0.5, 0.6) is 0 Å². The average molecular weight is 250 g/mol. The quantitative estimate of drug-likeness (QED) is 0.769. The minimum absolute atomic E-state index is 0.483. The van der Waals surface area contributed by atoms with E-state index < -0.39 is 0 Å². The summed E-state index contributed by atoms with van der Waals surface area (Å²) in [7, 11) is 0. The van der Waals surface area contributed by atoms with Gasteiger partial charge in [-0.15, -0.1) is 0 Å². The van der Waals surface area contributed by atoms with Crippen molar-refractivity contribution >= 4 is 0 Å². The summed E-state index contributed by atoms with van der Waals surface area (Å²) in [5.41, 5.74) is 0.483. The highest BCUT2D eigenvalue weighted by molar-refractivity contribution is 5.01. The zero-order chi connectivity index (χ0) is 12.6. The average Bonchev–Trinajstić information content (AvgIpc) is 2.80. The van der Waals surface area contributed by atoms with Gasteiger partial charge in [0.1, 0.15) is 0 Å². The molecule has 3 aliphatic rings. The first-order valence-corrected chi connectivity index (χ1v) is 8.19. The first-order chi connectivity index (χ1) is 8.69. The van der Waals surface area contributed by atoms with E-state index in [1.807, 2.05) is 0 Å². The monoisotopic (exact) mass is 250 g/mol. The Balaban J connectivity index is 1.68. The van der Waals surface area contributed by atoms with E-state index in [0.29, 0.717) is 5.54 Å². The summed E-state index contributed by atoms with van der Waals surface area (Å²) in [6, 6.07) is 1.63. The lowest BCUT2D eigenvalue weighted by Gasteiger charge is -2.51. The maximum atomic E-state index is 3.91. The van der Waals surface area contributed by atoms with Gasteiger partial charge < -0.3 is 5.32 Å². The van der Waals surface area contributed by atoms with Crippen molar-refractivity contribution in [3.05, 3.63) is 0 Å². The maximum Gasteiger partial charge on any atom is 0.0309 e. The number of hydrogen-bond acceptors (Lipinski definition) is 2. The summed E-state index contributed by atoms with van der Waals surface area (Å²) < 4.78 is 0. The Hall–Kier alpha value is -0.0800. The predicted molar refractivity (Wildman–Crippen MR) is 76.8 cm³/mol. The highest BCUT2D eigenvalue weighted by atomic mass is 15.3. The van der Waals surface area contributed by atoms with Crippen molar-refractivity contribution in [3.8, 4) is 0 Å². The SMILES string of the molecule is CC1CCC(N2CC3(CCCCC3)NCC2C)C1. The van der Waals surface area contributed by atoms with Crippen LogP contribution in [0.3, 0.4) is 0 Å². The second-order valence-electron chi connectivity index (χ2n) is 7.32. The van der Waals surface area contributed by atoms with E-state index in [9.17, 15) is 0 Å². The standard InChI is InChI=1S/C16H30N2/c1-13-6-7-15(10-13)18-12-16(17-11-14(18)2)8-4-3-5-9-16/h13-15,17H,3-12H2,1-2H3. The van der Waals surface area contributed by atoms with Crippen LogP contribution >= 0.6 is 0 Å². The van der Waals surface area contributed by atoms with Crippen molar-refractivity contribution in [2.75, 3.05) is 13.1 Å². The van der Waals surface area contributed by atoms with E-state index in [2.05, 4.69) is 24.1 Å². The summed E-state index contributed by atoms with van der Waals surface area (Å²) >= 11 is 0. The minimum atomic E-state index is 0.483. The second kappa shape index (κ2) is 5.13. The third-order valence-corrected chi connectivity index (χ3v) is 5.77. The molecule has 1 aliphatic heterocycles. The van der Waals surface area contributed by atoms with Crippen LogP contribution < -0.4 is 5.32 Å². The summed E-state index contributed by atoms with van der Waals surface area (Å²) in [6.07, 6.45) is 11.5. The van der Waals surface area contributed by atoms with Gasteiger partial charge in [0.25, 0.3) is 0 Å². The number of nitrogens with one attached hydrogen (secondary N) is 1. The molecule has 0 radical (unpaired) electrons. The molecule has 3 unspecified atom stereocenters. The van der Waals surface area contributed by atoms with Crippen LogP contribution in [-0.4, -0.2) is 35.6 Å². The summed E-state index contributed by atoms with van der Waals surface area (Å²) in [4.78, 5) is 2.87. The molecule has 1 N–H and O–H groups in total. The molecule has 2 aliphatic carbocycles. The van der Waals surface area contributed by atoms with Gasteiger partial charge in [-0.3, -0.25) is 4.90 Å². The molecule has 18 heavy (non-hydrogen) atoms. The highest BCUT2D eigenvalue weighted by Gasteiger charge is 2.41. The number of rotatable bonds is 1. The Morgan fingerprint density at radius 2 is 1.83 bits per heavy atom. The molecule has 2 nitrogen and oxygen atoms in total. The molecule has 3 fully saturated rings. The molecule has 0 bridgehead atoms. The van der Waals surface area contributed by atoms with Gasteiger partial charge in [-0.2, -0.15) is 0 Å². The van der Waals surface area contributed by atoms with Crippen LogP contribution in [0, 0.1) is 5.92 Å². The fraction of sp³-hybridized carbons (Fsp3) is 1.00. The van der Waals surface area contributed by atoms with E-state index in [1.54, 1.807) is 0 Å². The molecular formula is C16H30N2. The molecule has 0 aromatic rings. The number of nitrogens with zero attached hydrogens (tertiary/aromatic N) is 1. The smallest absolute Gasteiger partial charge is 0.0309 e. The molecule has 0 aromatic carbocycles. The van der Waals surface area contributed by atoms with Gasteiger partial charge in [0.15, 0.2) is 0 Å². The summed E-state index contributed by atoms with van der Waals surface area (Å²) in [5.74, 6) is 0.958. The zero-order valence-electron chi connectivity index (χ0n) is 12.3. The number of hydrogen-bond donors (Lipinski definition) is 1. The molecular weight excluding hydrogens is 220 g/mol. The molecule has 3 rings (SSSR count). The van der Waals surface area contributed by atoms with Crippen LogP contribution in [0.25, 0.3) is 0 Å². The van der Waals surface area contributed by atoms with Gasteiger partial charge in [0.2, 0.25) is 0 Å². The van der Waals surface area contributed by atoms with E-state index >= 15 is 0 Å². The van der Waals surface area contributed by atoms with Crippen molar-refractivity contribution < 1.29 is 0 Å². The zero-order valence-corrected chi connectivity index (χ0v) is 12.3. The topological polar surface area (TPSA) is 15.3 Å². The highest BCUT2D eigenvalue weighted by Crippen LogP contribution is 2.36. The van der Waals surface area contributed by atoms with Gasteiger partial charge >= 0.3 is 0 Å². The van der Waals surface area contributed by atoms with Gasteiger partial charge in [0, 0.05) is 30.7 Å². The first-order valence-electron chi connectivity index (χ1n) is 8.19. The van der Waals surface area contributed by atoms with Crippen molar-refractivity contribution in [2.45, 2.75) is 82.8 Å². The Bertz CT molecular complexity index is 283. The van der Waals surface area contributed by atoms with Crippen LogP contribution in [-0.2, 0) is 0 Å². The lowest BCUT2D eigenvalue weighted by atomic mass is 9.79. The molecule has 1 saturated heterocycles. The van der Waals surface area contributed by atoms with Gasteiger partial charge in [0.05, 0.1) is 0 Å². The Morgan fingerprint density at radius 1 is 1.06 bits per heavy atom. The fourth-order valence-corrected chi connectivity index (χ4v) is 4.57. The van der Waals surface area contributed by atoms with E-state index in [0.717, 1.165) is 18.0 Å². The summed E-state index contributed by atoms with van der Waals surface area (Å²) in [5, 5.41) is 3.91. The molecule has 0 amide bonds. The van der Waals surface area contributed by atoms with Gasteiger partial charge in [-0.1, -0.05) is 26.2 Å². The lowest BCUT2D eigenvalue weighted by Crippen LogP contribution is -2.65. The molecule has 3 atom stereocenters. The van der Waals surface area contributed by atoms with E-state index in [1.165, 1.54) is 64.5 Å². The van der Waals surface area contributed by atoms with E-state index in [4.69, 9.17) is 0 Å². The van der Waals surface area contributed by atoms with E-state index in [-0.39, 0.29) is 0 Å². The normalized spacial score (nSPS) is 41.3.